The van der Waals surface area contributed by atoms with Crippen molar-refractivity contribution in [2.45, 2.75) is 38.5 Å². The molecule has 0 aromatic heterocycles. The van der Waals surface area contributed by atoms with E-state index in [2.05, 4.69) is 32.2 Å². The molecule has 2 heteroatoms. The largest absolute Gasteiger partial charge is 0.496 e. The van der Waals surface area contributed by atoms with Crippen molar-refractivity contribution in [3.63, 3.8) is 0 Å². The van der Waals surface area contributed by atoms with Gasteiger partial charge in [0.2, 0.25) is 0 Å². The quantitative estimate of drug-likeness (QED) is 0.660. The van der Waals surface area contributed by atoms with Crippen molar-refractivity contribution < 1.29 is 4.74 Å². The first-order valence-electron chi connectivity index (χ1n) is 5.69. The second-order valence-corrected chi connectivity index (χ2v) is 10.6. The Morgan fingerprint density at radius 2 is 2.00 bits per heavy atom. The van der Waals surface area contributed by atoms with E-state index < -0.39 is 8.07 Å². The first kappa shape index (κ1) is 10.7. The Balaban J connectivity index is 2.44. The molecule has 15 heavy (non-hydrogen) atoms. The first-order chi connectivity index (χ1) is 7.03. The number of ether oxygens (including phenoxy) is 1. The topological polar surface area (TPSA) is 9.23 Å². The van der Waals surface area contributed by atoms with Gasteiger partial charge in [-0.3, -0.25) is 0 Å². The highest BCUT2D eigenvalue weighted by Crippen LogP contribution is 2.33. The summed E-state index contributed by atoms with van der Waals surface area (Å²) < 4.78 is 5.37. The average Bonchev–Trinajstić information content (AvgIpc) is 2.16. The van der Waals surface area contributed by atoms with Gasteiger partial charge in [0.15, 0.2) is 0 Å². The highest BCUT2D eigenvalue weighted by atomic mass is 28.3. The highest BCUT2D eigenvalue weighted by Gasteiger charge is 2.28. The summed E-state index contributed by atoms with van der Waals surface area (Å²) in [5.74, 6) is 1.05. The zero-order valence-corrected chi connectivity index (χ0v) is 11.2. The van der Waals surface area contributed by atoms with Crippen LogP contribution in [0.3, 0.4) is 0 Å². The van der Waals surface area contributed by atoms with E-state index in [4.69, 9.17) is 4.74 Å². The van der Waals surface area contributed by atoms with Crippen LogP contribution in [0.15, 0.2) is 12.1 Å². The molecular formula is C13H20OSi. The summed E-state index contributed by atoms with van der Waals surface area (Å²) in [7, 11) is 0.827. The van der Waals surface area contributed by atoms with Crippen molar-refractivity contribution in [2.75, 3.05) is 7.11 Å². The molecule has 0 spiro atoms. The van der Waals surface area contributed by atoms with E-state index in [1.807, 2.05) is 0 Å². The summed E-state index contributed by atoms with van der Waals surface area (Å²) in [6.07, 6.45) is 1.26. The fourth-order valence-corrected chi connectivity index (χ4v) is 5.06. The molecule has 1 aromatic carbocycles. The third kappa shape index (κ3) is 1.96. The lowest BCUT2D eigenvalue weighted by Crippen LogP contribution is -2.34. The lowest BCUT2D eigenvalue weighted by molar-refractivity contribution is 0.411. The average molecular weight is 220 g/mol. The Bertz CT molecular complexity index is 382. The Morgan fingerprint density at radius 3 is 2.67 bits per heavy atom. The maximum absolute atomic E-state index is 5.37. The van der Waals surface area contributed by atoms with E-state index in [9.17, 15) is 0 Å². The second kappa shape index (κ2) is 3.67. The molecule has 2 rings (SSSR count). The standard InChI is InChI=1S/C13H20OSi/c1-10-12-7-8-15(3,4)9-11(12)5-6-13(10)14-2/h5-6H,7-9H2,1-4H3. The first-order valence-corrected chi connectivity index (χ1v) is 9.10. The summed E-state index contributed by atoms with van der Waals surface area (Å²) in [6, 6.07) is 7.17. The van der Waals surface area contributed by atoms with Gasteiger partial charge in [-0.25, -0.2) is 0 Å². The Morgan fingerprint density at radius 1 is 1.27 bits per heavy atom. The fraction of sp³-hybridized carbons (Fsp3) is 0.538. The van der Waals surface area contributed by atoms with Gasteiger partial charge in [-0.05, 0) is 42.1 Å². The van der Waals surface area contributed by atoms with Gasteiger partial charge in [-0.1, -0.05) is 25.2 Å². The summed E-state index contributed by atoms with van der Waals surface area (Å²) in [6.45, 7) is 7.18. The molecule has 0 N–H and O–H groups in total. The van der Waals surface area contributed by atoms with Gasteiger partial charge in [0, 0.05) is 0 Å². The van der Waals surface area contributed by atoms with E-state index in [-0.39, 0.29) is 0 Å². The Kier molecular flexibility index (Phi) is 2.63. The van der Waals surface area contributed by atoms with E-state index in [1.54, 1.807) is 18.2 Å². The molecule has 0 amide bonds. The summed E-state index contributed by atoms with van der Waals surface area (Å²) in [4.78, 5) is 0. The third-order valence-corrected chi connectivity index (χ3v) is 6.53. The predicted molar refractivity (Wildman–Crippen MR) is 67.4 cm³/mol. The number of benzene rings is 1. The van der Waals surface area contributed by atoms with Gasteiger partial charge in [0.1, 0.15) is 5.75 Å². The Hall–Kier alpha value is -0.763. The molecule has 1 heterocycles. The maximum atomic E-state index is 5.37. The van der Waals surface area contributed by atoms with Crippen LogP contribution in [0.4, 0.5) is 0 Å². The van der Waals surface area contributed by atoms with Crippen molar-refractivity contribution in [2.24, 2.45) is 0 Å². The molecule has 1 aliphatic rings. The minimum absolute atomic E-state index is 0.933. The van der Waals surface area contributed by atoms with E-state index in [0.29, 0.717) is 0 Å². The monoisotopic (exact) mass is 220 g/mol. The maximum Gasteiger partial charge on any atom is 0.122 e. The van der Waals surface area contributed by atoms with Crippen molar-refractivity contribution in [1.82, 2.24) is 0 Å². The van der Waals surface area contributed by atoms with Crippen LogP contribution in [-0.2, 0) is 12.5 Å². The van der Waals surface area contributed by atoms with Crippen LogP contribution in [0.25, 0.3) is 0 Å². The Labute approximate surface area is 93.5 Å². The molecule has 0 saturated heterocycles. The minimum Gasteiger partial charge on any atom is -0.496 e. The molecule has 0 saturated carbocycles. The summed E-state index contributed by atoms with van der Waals surface area (Å²) in [5, 5.41) is 0. The normalized spacial score (nSPS) is 18.4. The molecule has 0 aliphatic carbocycles. The lowest BCUT2D eigenvalue weighted by Gasteiger charge is -2.30. The molecule has 1 nitrogen and oxygen atoms in total. The van der Waals surface area contributed by atoms with Gasteiger partial charge < -0.3 is 4.74 Å². The molecule has 0 fully saturated rings. The number of rotatable bonds is 1. The molecule has 0 atom stereocenters. The van der Waals surface area contributed by atoms with Crippen LogP contribution in [0.2, 0.25) is 19.1 Å². The van der Waals surface area contributed by atoms with Gasteiger partial charge in [-0.2, -0.15) is 0 Å². The molecule has 0 radical (unpaired) electrons. The van der Waals surface area contributed by atoms with Crippen LogP contribution in [0.1, 0.15) is 16.7 Å². The number of methoxy groups -OCH3 is 1. The molecule has 1 aliphatic heterocycles. The van der Waals surface area contributed by atoms with Crippen molar-refractivity contribution in [1.29, 1.82) is 0 Å². The fourth-order valence-electron chi connectivity index (χ4n) is 2.59. The van der Waals surface area contributed by atoms with Crippen molar-refractivity contribution in [3.8, 4) is 5.75 Å². The van der Waals surface area contributed by atoms with Gasteiger partial charge in [0.05, 0.1) is 15.2 Å². The van der Waals surface area contributed by atoms with Crippen LogP contribution in [0, 0.1) is 6.92 Å². The molecular weight excluding hydrogens is 200 g/mol. The van der Waals surface area contributed by atoms with E-state index in [1.165, 1.54) is 24.1 Å². The number of hydrogen-bond donors (Lipinski definition) is 0. The van der Waals surface area contributed by atoms with Crippen molar-refractivity contribution >= 4 is 8.07 Å². The molecule has 0 bridgehead atoms. The number of hydrogen-bond acceptors (Lipinski definition) is 1. The molecule has 0 unspecified atom stereocenters. The second-order valence-electron chi connectivity index (χ2n) is 5.37. The minimum atomic E-state index is -0.933. The van der Waals surface area contributed by atoms with Crippen LogP contribution < -0.4 is 4.74 Å². The molecule has 82 valence electrons. The summed E-state index contributed by atoms with van der Waals surface area (Å²) >= 11 is 0. The SMILES string of the molecule is COc1ccc2c(c1C)CC[Si](C)(C)C2. The number of fused-ring (bicyclic) bond motifs is 1. The van der Waals surface area contributed by atoms with Gasteiger partial charge >= 0.3 is 0 Å². The zero-order valence-electron chi connectivity index (χ0n) is 10.2. The predicted octanol–water partition coefficient (Wildman–Crippen LogP) is 3.35. The van der Waals surface area contributed by atoms with E-state index in [0.717, 1.165) is 5.75 Å². The summed E-state index contributed by atoms with van der Waals surface area (Å²) in [5.41, 5.74) is 4.50. The van der Waals surface area contributed by atoms with Crippen LogP contribution in [-0.4, -0.2) is 15.2 Å². The molecule has 1 aromatic rings. The smallest absolute Gasteiger partial charge is 0.122 e. The third-order valence-electron chi connectivity index (χ3n) is 3.59. The zero-order chi connectivity index (χ0) is 11.1. The highest BCUT2D eigenvalue weighted by molar-refractivity contribution is 6.77. The van der Waals surface area contributed by atoms with Crippen molar-refractivity contribution in [3.05, 3.63) is 28.8 Å². The van der Waals surface area contributed by atoms with Gasteiger partial charge in [0.25, 0.3) is 0 Å². The van der Waals surface area contributed by atoms with Crippen LogP contribution >= 0.6 is 0 Å². The van der Waals surface area contributed by atoms with E-state index >= 15 is 0 Å². The van der Waals surface area contributed by atoms with Gasteiger partial charge in [-0.15, -0.1) is 0 Å². The lowest BCUT2D eigenvalue weighted by atomic mass is 9.99. The van der Waals surface area contributed by atoms with Crippen LogP contribution in [0.5, 0.6) is 5.75 Å².